The van der Waals surface area contributed by atoms with Crippen LogP contribution in [0, 0.1) is 5.92 Å². The van der Waals surface area contributed by atoms with E-state index in [1.165, 1.54) is 25.7 Å². The first kappa shape index (κ1) is 15.8. The first-order valence-electron chi connectivity index (χ1n) is 8.20. The number of likely N-dealkylation sites (N-methyl/N-ethyl adjacent to an activating group) is 1. The third-order valence-corrected chi connectivity index (χ3v) is 5.16. The van der Waals surface area contributed by atoms with E-state index in [9.17, 15) is 4.79 Å². The highest BCUT2D eigenvalue weighted by Crippen LogP contribution is 2.26. The second kappa shape index (κ2) is 6.90. The Balaban J connectivity index is 1.84. The molecule has 0 aromatic heterocycles. The van der Waals surface area contributed by atoms with Crippen LogP contribution in [0.25, 0.3) is 0 Å². The van der Waals surface area contributed by atoms with Crippen LogP contribution < -0.4 is 5.32 Å². The summed E-state index contributed by atoms with van der Waals surface area (Å²) in [5, 5.41) is 3.47. The minimum Gasteiger partial charge on any atom is -0.342 e. The number of hydrogen-bond donors (Lipinski definition) is 1. The summed E-state index contributed by atoms with van der Waals surface area (Å²) in [7, 11) is 2.00. The normalized spacial score (nSPS) is 35.8. The molecule has 2 unspecified atom stereocenters. The summed E-state index contributed by atoms with van der Waals surface area (Å²) in [5.74, 6) is 1.13. The van der Waals surface area contributed by atoms with Crippen molar-refractivity contribution in [2.75, 3.05) is 26.7 Å². The van der Waals surface area contributed by atoms with Crippen LogP contribution in [0.4, 0.5) is 0 Å². The molecule has 20 heavy (non-hydrogen) atoms. The van der Waals surface area contributed by atoms with Gasteiger partial charge in [-0.15, -0.1) is 0 Å². The van der Waals surface area contributed by atoms with Crippen molar-refractivity contribution in [2.24, 2.45) is 5.92 Å². The maximum Gasteiger partial charge on any atom is 0.236 e. The smallest absolute Gasteiger partial charge is 0.236 e. The van der Waals surface area contributed by atoms with Gasteiger partial charge in [-0.25, -0.2) is 0 Å². The Morgan fingerprint density at radius 2 is 1.85 bits per heavy atom. The third-order valence-electron chi connectivity index (χ3n) is 5.16. The van der Waals surface area contributed by atoms with E-state index >= 15 is 0 Å². The summed E-state index contributed by atoms with van der Waals surface area (Å²) in [5.41, 5.74) is 0. The molecule has 2 rings (SSSR count). The van der Waals surface area contributed by atoms with Crippen molar-refractivity contribution in [1.29, 1.82) is 0 Å². The molecule has 0 aromatic carbocycles. The van der Waals surface area contributed by atoms with E-state index < -0.39 is 0 Å². The Morgan fingerprint density at radius 1 is 1.20 bits per heavy atom. The number of carbonyl (C=O) groups excluding carboxylic acids is 1. The molecule has 0 spiro atoms. The molecule has 1 N–H and O–H groups in total. The van der Waals surface area contributed by atoms with Gasteiger partial charge in [-0.3, -0.25) is 9.69 Å². The number of rotatable bonds is 3. The molecule has 2 aliphatic rings. The number of nitrogens with zero attached hydrogens (tertiary/aromatic N) is 2. The van der Waals surface area contributed by atoms with Gasteiger partial charge in [0.25, 0.3) is 0 Å². The zero-order valence-electron chi connectivity index (χ0n) is 13.6. The van der Waals surface area contributed by atoms with Gasteiger partial charge >= 0.3 is 0 Å². The molecule has 2 atom stereocenters. The summed E-state index contributed by atoms with van der Waals surface area (Å²) in [4.78, 5) is 16.9. The molecular weight excluding hydrogens is 250 g/mol. The second-order valence-corrected chi connectivity index (χ2v) is 7.01. The second-order valence-electron chi connectivity index (χ2n) is 7.01. The van der Waals surface area contributed by atoms with E-state index in [1.807, 2.05) is 11.9 Å². The number of nitrogens with one attached hydrogen (secondary N) is 1. The lowest BCUT2D eigenvalue weighted by atomic mass is 9.87. The van der Waals surface area contributed by atoms with Gasteiger partial charge in [-0.2, -0.15) is 0 Å². The van der Waals surface area contributed by atoms with Crippen LogP contribution in [0.15, 0.2) is 0 Å². The van der Waals surface area contributed by atoms with E-state index in [0.717, 1.165) is 19.0 Å². The molecule has 4 nitrogen and oxygen atoms in total. The Labute approximate surface area is 123 Å². The van der Waals surface area contributed by atoms with Crippen LogP contribution in [0.3, 0.4) is 0 Å². The monoisotopic (exact) mass is 281 g/mol. The quantitative estimate of drug-likeness (QED) is 0.855. The fraction of sp³-hybridized carbons (Fsp3) is 0.938. The number of amides is 1. The molecule has 1 saturated heterocycles. The zero-order chi connectivity index (χ0) is 14.7. The molecule has 1 aliphatic carbocycles. The van der Waals surface area contributed by atoms with Gasteiger partial charge in [-0.05, 0) is 45.4 Å². The van der Waals surface area contributed by atoms with Gasteiger partial charge < -0.3 is 10.2 Å². The summed E-state index contributed by atoms with van der Waals surface area (Å²) < 4.78 is 0. The Kier molecular flexibility index (Phi) is 5.44. The molecule has 1 aliphatic heterocycles. The highest BCUT2D eigenvalue weighted by molar-refractivity contribution is 5.78. The molecule has 0 bridgehead atoms. The Hall–Kier alpha value is -0.610. The third kappa shape index (κ3) is 3.95. The van der Waals surface area contributed by atoms with Gasteiger partial charge in [0.1, 0.15) is 0 Å². The molecular formula is C16H31N3O. The summed E-state index contributed by atoms with van der Waals surface area (Å²) >= 11 is 0. The van der Waals surface area contributed by atoms with E-state index in [2.05, 4.69) is 31.0 Å². The maximum absolute atomic E-state index is 12.5. The van der Waals surface area contributed by atoms with Crippen molar-refractivity contribution in [1.82, 2.24) is 15.1 Å². The Bertz CT molecular complexity index is 326. The minimum atomic E-state index is 0.297. The topological polar surface area (TPSA) is 35.6 Å². The highest BCUT2D eigenvalue weighted by Gasteiger charge is 2.28. The number of carbonyl (C=O) groups is 1. The molecule has 0 radical (unpaired) electrons. The number of piperazine rings is 1. The highest BCUT2D eigenvalue weighted by atomic mass is 16.2. The minimum absolute atomic E-state index is 0.297. The van der Waals surface area contributed by atoms with Gasteiger partial charge in [0.2, 0.25) is 5.91 Å². The van der Waals surface area contributed by atoms with Crippen molar-refractivity contribution in [2.45, 2.75) is 64.6 Å². The summed E-state index contributed by atoms with van der Waals surface area (Å²) in [6.45, 7) is 9.25. The lowest BCUT2D eigenvalue weighted by Crippen LogP contribution is -2.57. The van der Waals surface area contributed by atoms with Crippen LogP contribution >= 0.6 is 0 Å². The molecule has 116 valence electrons. The van der Waals surface area contributed by atoms with Crippen LogP contribution in [0.5, 0.6) is 0 Å². The molecule has 1 amide bonds. The van der Waals surface area contributed by atoms with Crippen LogP contribution in [0.2, 0.25) is 0 Å². The van der Waals surface area contributed by atoms with Gasteiger partial charge in [0.05, 0.1) is 6.54 Å². The predicted octanol–water partition coefficient (Wildman–Crippen LogP) is 1.71. The largest absolute Gasteiger partial charge is 0.342 e. The van der Waals surface area contributed by atoms with E-state index in [-0.39, 0.29) is 0 Å². The first-order chi connectivity index (χ1) is 9.47. The van der Waals surface area contributed by atoms with Crippen molar-refractivity contribution in [3.05, 3.63) is 0 Å². The summed E-state index contributed by atoms with van der Waals surface area (Å²) in [6.07, 6.45) is 4.89. The van der Waals surface area contributed by atoms with Gasteiger partial charge in [0, 0.05) is 38.3 Å². The standard InChI is InChI=1S/C16H31N3O/c1-12-5-7-15(8-6-12)18(4)16(20)11-19-10-13(2)17-9-14(19)3/h12-15,17H,5-11H2,1-4H3. The Morgan fingerprint density at radius 3 is 2.50 bits per heavy atom. The van der Waals surface area contributed by atoms with Gasteiger partial charge in [-0.1, -0.05) is 6.92 Å². The lowest BCUT2D eigenvalue weighted by molar-refractivity contribution is -0.134. The number of hydrogen-bond acceptors (Lipinski definition) is 3. The van der Waals surface area contributed by atoms with Crippen LogP contribution in [-0.2, 0) is 4.79 Å². The summed E-state index contributed by atoms with van der Waals surface area (Å²) in [6, 6.07) is 1.41. The maximum atomic E-state index is 12.5. The van der Waals surface area contributed by atoms with Crippen LogP contribution in [-0.4, -0.2) is 60.5 Å². The average molecular weight is 281 g/mol. The van der Waals surface area contributed by atoms with Crippen molar-refractivity contribution in [3.63, 3.8) is 0 Å². The first-order valence-corrected chi connectivity index (χ1v) is 8.20. The predicted molar refractivity (Wildman–Crippen MR) is 82.7 cm³/mol. The van der Waals surface area contributed by atoms with Crippen molar-refractivity contribution < 1.29 is 4.79 Å². The fourth-order valence-electron chi connectivity index (χ4n) is 3.44. The fourth-order valence-corrected chi connectivity index (χ4v) is 3.44. The van der Waals surface area contributed by atoms with Crippen molar-refractivity contribution in [3.8, 4) is 0 Å². The van der Waals surface area contributed by atoms with E-state index in [0.29, 0.717) is 30.6 Å². The molecule has 0 aromatic rings. The lowest BCUT2D eigenvalue weighted by Gasteiger charge is -2.39. The van der Waals surface area contributed by atoms with Crippen molar-refractivity contribution >= 4 is 5.91 Å². The zero-order valence-corrected chi connectivity index (χ0v) is 13.6. The van der Waals surface area contributed by atoms with E-state index in [4.69, 9.17) is 0 Å². The molecule has 1 heterocycles. The van der Waals surface area contributed by atoms with Crippen LogP contribution in [0.1, 0.15) is 46.5 Å². The molecule has 2 fully saturated rings. The van der Waals surface area contributed by atoms with E-state index in [1.54, 1.807) is 0 Å². The molecule has 4 heteroatoms. The molecule has 1 saturated carbocycles. The average Bonchev–Trinajstić information content (AvgIpc) is 2.43. The SMILES string of the molecule is CC1CCC(N(C)C(=O)CN2CC(C)NCC2C)CC1. The van der Waals surface area contributed by atoms with Gasteiger partial charge in [0.15, 0.2) is 0 Å².